The topological polar surface area (TPSA) is 41.9 Å². The van der Waals surface area contributed by atoms with Crippen LogP contribution in [0.25, 0.3) is 0 Å². The number of hydrogen-bond donors (Lipinski definition) is 1. The molecule has 1 N–H and O–H groups in total. The van der Waals surface area contributed by atoms with E-state index in [1.165, 1.54) is 32.1 Å². The molecule has 22 heavy (non-hydrogen) atoms. The fourth-order valence-corrected chi connectivity index (χ4v) is 3.18. The van der Waals surface area contributed by atoms with Crippen LogP contribution >= 0.6 is 0 Å². The van der Waals surface area contributed by atoms with Crippen molar-refractivity contribution in [2.24, 2.45) is 0 Å². The Morgan fingerprint density at radius 3 is 2.68 bits per heavy atom. The smallest absolute Gasteiger partial charge is 0.124 e. The molecule has 1 fully saturated rings. The number of aliphatic hydroxyl groups excluding tert-OH is 1. The maximum Gasteiger partial charge on any atom is 0.124 e. The Morgan fingerprint density at radius 1 is 1.23 bits per heavy atom. The van der Waals surface area contributed by atoms with Crippen molar-refractivity contribution in [3.8, 4) is 5.75 Å². The summed E-state index contributed by atoms with van der Waals surface area (Å²) < 4.78 is 11.0. The average molecular weight is 307 g/mol. The summed E-state index contributed by atoms with van der Waals surface area (Å²) in [6.07, 6.45) is 6.05. The normalized spacial score (nSPS) is 17.6. The summed E-state index contributed by atoms with van der Waals surface area (Å²) in [5, 5.41) is 10.2. The monoisotopic (exact) mass is 307 g/mol. The molecule has 0 spiro atoms. The minimum atomic E-state index is -0.443. The SMILES string of the molecule is COc1ccccc1COCC(O)CN(C)C1CCCCC1. The van der Waals surface area contributed by atoms with Crippen molar-refractivity contribution in [1.82, 2.24) is 4.90 Å². The number of rotatable bonds is 8. The number of nitrogens with zero attached hydrogens (tertiary/aromatic N) is 1. The number of benzene rings is 1. The summed E-state index contributed by atoms with van der Waals surface area (Å²) in [5.41, 5.74) is 1.01. The van der Waals surface area contributed by atoms with Crippen LogP contribution in [-0.4, -0.2) is 49.5 Å². The summed E-state index contributed by atoms with van der Waals surface area (Å²) in [6, 6.07) is 8.44. The third kappa shape index (κ3) is 5.27. The molecule has 4 nitrogen and oxygen atoms in total. The van der Waals surface area contributed by atoms with Crippen LogP contribution in [0.5, 0.6) is 5.75 Å². The molecule has 0 heterocycles. The van der Waals surface area contributed by atoms with Crippen molar-refractivity contribution in [2.75, 3.05) is 27.3 Å². The van der Waals surface area contributed by atoms with Gasteiger partial charge in [-0.25, -0.2) is 0 Å². The van der Waals surface area contributed by atoms with Crippen LogP contribution in [0.3, 0.4) is 0 Å². The average Bonchev–Trinajstić information content (AvgIpc) is 2.56. The number of ether oxygens (including phenoxy) is 2. The van der Waals surface area contributed by atoms with Gasteiger partial charge in [0.2, 0.25) is 0 Å². The quantitative estimate of drug-likeness (QED) is 0.802. The van der Waals surface area contributed by atoms with Gasteiger partial charge in [0.15, 0.2) is 0 Å². The standard InChI is InChI=1S/C18H29NO3/c1-19(16-9-4-3-5-10-16)12-17(20)14-22-13-15-8-6-7-11-18(15)21-2/h6-8,11,16-17,20H,3-5,9-10,12-14H2,1-2H3. The molecule has 124 valence electrons. The third-order valence-electron chi connectivity index (χ3n) is 4.46. The van der Waals surface area contributed by atoms with E-state index >= 15 is 0 Å². The van der Waals surface area contributed by atoms with E-state index in [2.05, 4.69) is 11.9 Å². The zero-order valence-corrected chi connectivity index (χ0v) is 13.8. The van der Waals surface area contributed by atoms with Crippen molar-refractivity contribution in [3.05, 3.63) is 29.8 Å². The Kier molecular flexibility index (Phi) is 7.16. The summed E-state index contributed by atoms with van der Waals surface area (Å²) in [6.45, 7) is 1.50. The van der Waals surface area contributed by atoms with Gasteiger partial charge in [0.05, 0.1) is 26.4 Å². The molecule has 0 radical (unpaired) electrons. The highest BCUT2D eigenvalue weighted by atomic mass is 16.5. The molecule has 0 aliphatic heterocycles. The molecule has 4 heteroatoms. The van der Waals surface area contributed by atoms with E-state index in [0.717, 1.165) is 11.3 Å². The van der Waals surface area contributed by atoms with Crippen LogP contribution in [0.4, 0.5) is 0 Å². The first-order valence-electron chi connectivity index (χ1n) is 8.28. The van der Waals surface area contributed by atoms with Gasteiger partial charge in [-0.1, -0.05) is 37.5 Å². The molecule has 0 bridgehead atoms. The van der Waals surface area contributed by atoms with Crippen molar-refractivity contribution in [1.29, 1.82) is 0 Å². The van der Waals surface area contributed by atoms with Crippen LogP contribution in [-0.2, 0) is 11.3 Å². The number of methoxy groups -OCH3 is 1. The zero-order chi connectivity index (χ0) is 15.8. The molecule has 1 aromatic rings. The summed E-state index contributed by atoms with van der Waals surface area (Å²) in [4.78, 5) is 2.29. The van der Waals surface area contributed by atoms with Crippen LogP contribution in [0.15, 0.2) is 24.3 Å². The molecule has 0 saturated heterocycles. The molecule has 1 atom stereocenters. The van der Waals surface area contributed by atoms with Gasteiger partial charge in [0.25, 0.3) is 0 Å². The highest BCUT2D eigenvalue weighted by Crippen LogP contribution is 2.22. The van der Waals surface area contributed by atoms with Gasteiger partial charge in [0.1, 0.15) is 5.75 Å². The van der Waals surface area contributed by atoms with Gasteiger partial charge in [-0.05, 0) is 26.0 Å². The van der Waals surface area contributed by atoms with Crippen LogP contribution < -0.4 is 4.74 Å². The minimum Gasteiger partial charge on any atom is -0.496 e. The van der Waals surface area contributed by atoms with Gasteiger partial charge in [-0.15, -0.1) is 0 Å². The van der Waals surface area contributed by atoms with E-state index in [9.17, 15) is 5.11 Å². The predicted octanol–water partition coefficient (Wildman–Crippen LogP) is 2.84. The molecular formula is C18H29NO3. The zero-order valence-electron chi connectivity index (χ0n) is 13.8. The van der Waals surface area contributed by atoms with E-state index in [4.69, 9.17) is 9.47 Å². The molecule has 0 aromatic heterocycles. The van der Waals surface area contributed by atoms with E-state index in [0.29, 0.717) is 25.8 Å². The largest absolute Gasteiger partial charge is 0.496 e. The summed E-state index contributed by atoms with van der Waals surface area (Å²) in [7, 11) is 3.77. The second-order valence-electron chi connectivity index (χ2n) is 6.21. The van der Waals surface area contributed by atoms with Gasteiger partial charge < -0.3 is 19.5 Å². The van der Waals surface area contributed by atoms with Crippen molar-refractivity contribution >= 4 is 0 Å². The molecule has 0 amide bonds. The molecule has 1 aliphatic rings. The van der Waals surface area contributed by atoms with Crippen molar-refractivity contribution in [3.63, 3.8) is 0 Å². The Bertz CT molecular complexity index is 432. The predicted molar refractivity (Wildman–Crippen MR) is 88.2 cm³/mol. The second-order valence-corrected chi connectivity index (χ2v) is 6.21. The van der Waals surface area contributed by atoms with E-state index in [1.54, 1.807) is 7.11 Å². The molecule has 1 saturated carbocycles. The van der Waals surface area contributed by atoms with Gasteiger partial charge in [0, 0.05) is 18.2 Å². The fourth-order valence-electron chi connectivity index (χ4n) is 3.18. The van der Waals surface area contributed by atoms with Gasteiger partial charge >= 0.3 is 0 Å². The summed E-state index contributed by atoms with van der Waals surface area (Å²) >= 11 is 0. The molecule has 2 rings (SSSR count). The number of hydrogen-bond acceptors (Lipinski definition) is 4. The van der Waals surface area contributed by atoms with Crippen molar-refractivity contribution < 1.29 is 14.6 Å². The molecular weight excluding hydrogens is 278 g/mol. The minimum absolute atomic E-state index is 0.356. The molecule has 1 unspecified atom stereocenters. The molecule has 1 aromatic carbocycles. The van der Waals surface area contributed by atoms with Gasteiger partial charge in [-0.3, -0.25) is 0 Å². The Hall–Kier alpha value is -1.10. The maximum atomic E-state index is 10.2. The highest BCUT2D eigenvalue weighted by Gasteiger charge is 2.20. The van der Waals surface area contributed by atoms with E-state index in [1.807, 2.05) is 24.3 Å². The van der Waals surface area contributed by atoms with E-state index in [-0.39, 0.29) is 0 Å². The van der Waals surface area contributed by atoms with Crippen LogP contribution in [0, 0.1) is 0 Å². The lowest BCUT2D eigenvalue weighted by Gasteiger charge is -2.32. The number of aliphatic hydroxyl groups is 1. The van der Waals surface area contributed by atoms with Crippen LogP contribution in [0.1, 0.15) is 37.7 Å². The lowest BCUT2D eigenvalue weighted by molar-refractivity contribution is 0.00445. The van der Waals surface area contributed by atoms with Gasteiger partial charge in [-0.2, -0.15) is 0 Å². The summed E-state index contributed by atoms with van der Waals surface area (Å²) in [5.74, 6) is 0.830. The fraction of sp³-hybridized carbons (Fsp3) is 0.667. The maximum absolute atomic E-state index is 10.2. The number of likely N-dealkylation sites (N-methyl/N-ethyl adjacent to an activating group) is 1. The first kappa shape index (κ1) is 17.3. The third-order valence-corrected chi connectivity index (χ3v) is 4.46. The lowest BCUT2D eigenvalue weighted by Crippen LogP contribution is -2.40. The first-order valence-corrected chi connectivity index (χ1v) is 8.28. The Balaban J connectivity index is 1.69. The van der Waals surface area contributed by atoms with E-state index < -0.39 is 6.10 Å². The second kappa shape index (κ2) is 9.13. The van der Waals surface area contributed by atoms with Crippen LogP contribution in [0.2, 0.25) is 0 Å². The number of para-hydroxylation sites is 1. The first-order chi connectivity index (χ1) is 10.7. The Labute approximate surface area is 134 Å². The van der Waals surface area contributed by atoms with Crippen molar-refractivity contribution in [2.45, 2.75) is 50.9 Å². The lowest BCUT2D eigenvalue weighted by atomic mass is 9.94. The molecule has 1 aliphatic carbocycles. The highest BCUT2D eigenvalue weighted by molar-refractivity contribution is 5.32. The Morgan fingerprint density at radius 2 is 1.95 bits per heavy atom.